The molecule has 2 aromatic carbocycles. The molecule has 0 saturated carbocycles. The molecule has 1 amide bonds. The summed E-state index contributed by atoms with van der Waals surface area (Å²) in [6.45, 7) is 4.22. The van der Waals surface area contributed by atoms with Crippen molar-refractivity contribution in [1.29, 1.82) is 0 Å². The fourth-order valence-corrected chi connectivity index (χ4v) is 2.27. The minimum absolute atomic E-state index is 0.403. The maximum Gasteiger partial charge on any atom is 0.221 e. The highest BCUT2D eigenvalue weighted by Crippen LogP contribution is 2.26. The normalized spacial score (nSPS) is 9.96. The smallest absolute Gasteiger partial charge is 0.221 e. The monoisotopic (exact) mass is 331 g/mol. The Bertz CT molecular complexity index is 684. The van der Waals surface area contributed by atoms with Gasteiger partial charge in [-0.2, -0.15) is 0 Å². The highest BCUT2D eigenvalue weighted by Gasteiger charge is 2.02. The van der Waals surface area contributed by atoms with Crippen LogP contribution in [0.5, 0.6) is 0 Å². The Labute approximate surface area is 142 Å². The number of nitrogens with two attached hydrogens (primary N) is 1. The third kappa shape index (κ3) is 5.77. The molecule has 0 fully saturated rings. The predicted octanol–water partition coefficient (Wildman–Crippen LogP) is 3.78. The highest BCUT2D eigenvalue weighted by atomic mass is 35.5. The quantitative estimate of drug-likeness (QED) is 0.262. The Morgan fingerprint density at radius 3 is 2.43 bits per heavy atom. The second kappa shape index (κ2) is 9.66. The van der Waals surface area contributed by atoms with E-state index in [1.54, 1.807) is 5.43 Å². The molecule has 23 heavy (non-hydrogen) atoms. The van der Waals surface area contributed by atoms with Crippen LogP contribution in [0.25, 0.3) is 12.2 Å². The Balaban J connectivity index is 0.000000593. The lowest BCUT2D eigenvalue weighted by Crippen LogP contribution is -2.18. The molecule has 2 rings (SSSR count). The largest absolute Gasteiger partial charge is 0.388 e. The summed E-state index contributed by atoms with van der Waals surface area (Å²) in [5, 5.41) is 3.92. The Kier molecular flexibility index (Phi) is 7.88. The summed E-state index contributed by atoms with van der Waals surface area (Å²) in [4.78, 5) is 8.94. The van der Waals surface area contributed by atoms with Gasteiger partial charge in [0, 0.05) is 23.3 Å². The molecule has 0 aliphatic carbocycles. The average molecular weight is 332 g/mol. The highest BCUT2D eigenvalue weighted by molar-refractivity contribution is 6.32. The van der Waals surface area contributed by atoms with Crippen molar-refractivity contribution < 1.29 is 4.79 Å². The molecule has 2 aromatic rings. The van der Waals surface area contributed by atoms with Gasteiger partial charge in [0.1, 0.15) is 0 Å². The number of anilines is 1. The second-order valence-corrected chi connectivity index (χ2v) is 5.34. The van der Waals surface area contributed by atoms with Gasteiger partial charge in [-0.1, -0.05) is 53.6 Å². The van der Waals surface area contributed by atoms with Crippen LogP contribution in [0.2, 0.25) is 5.02 Å². The minimum Gasteiger partial charge on any atom is -0.388 e. The Morgan fingerprint density at radius 1 is 1.13 bits per heavy atom. The molecule has 0 heterocycles. The number of halogens is 1. The average Bonchev–Trinajstić information content (AvgIpc) is 2.56. The number of hydrogen-bond acceptors (Lipinski definition) is 3. The van der Waals surface area contributed by atoms with Crippen LogP contribution in [0.1, 0.15) is 22.3 Å². The van der Waals surface area contributed by atoms with Crippen molar-refractivity contribution in [2.75, 3.05) is 12.4 Å². The lowest BCUT2D eigenvalue weighted by molar-refractivity contribution is -0.109. The van der Waals surface area contributed by atoms with Crippen LogP contribution in [0.4, 0.5) is 5.69 Å². The first-order valence-electron chi connectivity index (χ1n) is 7.14. The number of nitrogens with one attached hydrogen (secondary N) is 2. The van der Waals surface area contributed by atoms with Gasteiger partial charge in [-0.25, -0.2) is 5.84 Å². The molecular formula is C18H22ClN3O. The van der Waals surface area contributed by atoms with Crippen molar-refractivity contribution in [3.05, 3.63) is 63.7 Å². The van der Waals surface area contributed by atoms with Crippen LogP contribution >= 0.6 is 11.6 Å². The van der Waals surface area contributed by atoms with Gasteiger partial charge in [-0.3, -0.25) is 10.2 Å². The van der Waals surface area contributed by atoms with Crippen LogP contribution in [-0.4, -0.2) is 13.5 Å². The zero-order valence-electron chi connectivity index (χ0n) is 13.6. The lowest BCUT2D eigenvalue weighted by Gasteiger charge is -2.07. The minimum atomic E-state index is 0.403. The van der Waals surface area contributed by atoms with E-state index in [9.17, 15) is 0 Å². The van der Waals surface area contributed by atoms with Crippen molar-refractivity contribution >= 4 is 35.9 Å². The first kappa shape index (κ1) is 18.7. The molecule has 122 valence electrons. The van der Waals surface area contributed by atoms with E-state index in [2.05, 4.69) is 55.4 Å². The zero-order chi connectivity index (χ0) is 17.2. The van der Waals surface area contributed by atoms with Crippen LogP contribution in [0.15, 0.2) is 36.4 Å². The van der Waals surface area contributed by atoms with Gasteiger partial charge < -0.3 is 5.32 Å². The van der Waals surface area contributed by atoms with Crippen molar-refractivity contribution in [3.8, 4) is 0 Å². The van der Waals surface area contributed by atoms with Crippen LogP contribution in [0, 0.1) is 13.8 Å². The molecule has 4 N–H and O–H groups in total. The van der Waals surface area contributed by atoms with Gasteiger partial charge >= 0.3 is 0 Å². The van der Waals surface area contributed by atoms with E-state index in [4.69, 9.17) is 16.4 Å². The summed E-state index contributed by atoms with van der Waals surface area (Å²) in [7, 11) is 1.90. The molecule has 0 bridgehead atoms. The van der Waals surface area contributed by atoms with E-state index in [0.29, 0.717) is 6.41 Å². The maximum absolute atomic E-state index is 8.94. The Hall–Kier alpha value is -2.30. The third-order valence-corrected chi connectivity index (χ3v) is 3.58. The molecular weight excluding hydrogens is 310 g/mol. The van der Waals surface area contributed by atoms with E-state index in [1.807, 2.05) is 25.2 Å². The summed E-state index contributed by atoms with van der Waals surface area (Å²) in [6, 6.07) is 12.3. The second-order valence-electron chi connectivity index (χ2n) is 4.93. The summed E-state index contributed by atoms with van der Waals surface area (Å²) in [5.41, 5.74) is 7.56. The van der Waals surface area contributed by atoms with Crippen LogP contribution in [0.3, 0.4) is 0 Å². The van der Waals surface area contributed by atoms with Crippen molar-refractivity contribution in [2.24, 2.45) is 5.84 Å². The van der Waals surface area contributed by atoms with E-state index in [-0.39, 0.29) is 0 Å². The summed E-state index contributed by atoms with van der Waals surface area (Å²) < 4.78 is 0. The summed E-state index contributed by atoms with van der Waals surface area (Å²) in [6.07, 6.45) is 4.58. The van der Waals surface area contributed by atoms with Gasteiger partial charge in [0.15, 0.2) is 0 Å². The fraction of sp³-hybridized carbons (Fsp3) is 0.167. The van der Waals surface area contributed by atoms with E-state index < -0.39 is 0 Å². The molecule has 5 heteroatoms. The molecule has 0 saturated heterocycles. The topological polar surface area (TPSA) is 67.2 Å². The molecule has 0 radical (unpaired) electrons. The first-order chi connectivity index (χ1) is 11.0. The SMILES string of the molecule is CNc1cccc(Cl)c1/C=C/c1cc(C)ccc1C.NNC=O. The molecule has 0 spiro atoms. The number of benzene rings is 2. The van der Waals surface area contributed by atoms with Crippen molar-refractivity contribution in [2.45, 2.75) is 13.8 Å². The number of carbonyl (C=O) groups is 1. The predicted molar refractivity (Wildman–Crippen MR) is 99.2 cm³/mol. The van der Waals surface area contributed by atoms with E-state index in [1.165, 1.54) is 16.7 Å². The van der Waals surface area contributed by atoms with Crippen molar-refractivity contribution in [1.82, 2.24) is 5.43 Å². The van der Waals surface area contributed by atoms with Gasteiger partial charge in [-0.05, 0) is 37.1 Å². The van der Waals surface area contributed by atoms with Crippen LogP contribution in [-0.2, 0) is 4.79 Å². The van der Waals surface area contributed by atoms with Gasteiger partial charge in [0.05, 0.1) is 0 Å². The number of carbonyl (C=O) groups excluding carboxylic acids is 1. The molecule has 4 nitrogen and oxygen atoms in total. The molecule has 0 atom stereocenters. The number of amides is 1. The Morgan fingerprint density at radius 2 is 1.83 bits per heavy atom. The third-order valence-electron chi connectivity index (χ3n) is 3.25. The van der Waals surface area contributed by atoms with Gasteiger partial charge in [-0.15, -0.1) is 0 Å². The van der Waals surface area contributed by atoms with Gasteiger partial charge in [0.2, 0.25) is 6.41 Å². The van der Waals surface area contributed by atoms with Gasteiger partial charge in [0.25, 0.3) is 0 Å². The fourth-order valence-electron chi connectivity index (χ4n) is 2.04. The molecule has 0 unspecified atom stereocenters. The molecule has 0 aliphatic rings. The number of aryl methyl sites for hydroxylation is 2. The molecule has 0 aromatic heterocycles. The maximum atomic E-state index is 8.94. The zero-order valence-corrected chi connectivity index (χ0v) is 14.3. The number of hydrogen-bond donors (Lipinski definition) is 3. The number of hydrazine groups is 1. The standard InChI is InChI=1S/C17H18ClN.CH4N2O/c1-12-7-8-13(2)14(11-12)9-10-15-16(18)5-4-6-17(15)19-3;2-3-1-4/h4-11,19H,1-3H3;1H,2H2,(H,3,4)/b10-9+;. The number of rotatable bonds is 4. The van der Waals surface area contributed by atoms with E-state index >= 15 is 0 Å². The van der Waals surface area contributed by atoms with Crippen molar-refractivity contribution in [3.63, 3.8) is 0 Å². The summed E-state index contributed by atoms with van der Waals surface area (Å²) in [5.74, 6) is 4.41. The molecule has 0 aliphatic heterocycles. The van der Waals surface area contributed by atoms with Crippen LogP contribution < -0.4 is 16.6 Å². The first-order valence-corrected chi connectivity index (χ1v) is 7.52. The summed E-state index contributed by atoms with van der Waals surface area (Å²) >= 11 is 6.25. The van der Waals surface area contributed by atoms with E-state index in [0.717, 1.165) is 16.3 Å². The lowest BCUT2D eigenvalue weighted by atomic mass is 10.0.